The van der Waals surface area contributed by atoms with E-state index in [4.69, 9.17) is 9.72 Å². The minimum atomic E-state index is 0.0895. The number of carbonyl (C=O) groups excluding carboxylic acids is 1. The molecule has 1 atom stereocenters. The van der Waals surface area contributed by atoms with Gasteiger partial charge >= 0.3 is 0 Å². The number of nitrogens with one attached hydrogen (secondary N) is 1. The van der Waals surface area contributed by atoms with Crippen molar-refractivity contribution in [3.63, 3.8) is 0 Å². The molecule has 2 aromatic rings. The number of amides is 1. The van der Waals surface area contributed by atoms with Crippen LogP contribution in [0.5, 0.6) is 0 Å². The Bertz CT molecular complexity index is 824. The number of aromatic amines is 1. The van der Waals surface area contributed by atoms with Gasteiger partial charge in [-0.05, 0) is 36.7 Å². The van der Waals surface area contributed by atoms with Crippen molar-refractivity contribution in [2.75, 3.05) is 19.7 Å². The van der Waals surface area contributed by atoms with Gasteiger partial charge in [-0.1, -0.05) is 43.2 Å². The Morgan fingerprint density at radius 1 is 1.21 bits per heavy atom. The van der Waals surface area contributed by atoms with E-state index in [9.17, 15) is 4.79 Å². The first kappa shape index (κ1) is 17.9. The highest BCUT2D eigenvalue weighted by Gasteiger charge is 2.51. The number of H-pyrrole nitrogens is 1. The number of carbonyl (C=O) groups is 1. The van der Waals surface area contributed by atoms with Gasteiger partial charge in [-0.25, -0.2) is 4.98 Å². The molecule has 0 radical (unpaired) electrons. The average Bonchev–Trinajstić information content (AvgIpc) is 3.14. The van der Waals surface area contributed by atoms with Gasteiger partial charge < -0.3 is 9.64 Å². The van der Waals surface area contributed by atoms with Gasteiger partial charge in [0.1, 0.15) is 12.4 Å². The molecular weight excluding hydrogens is 352 g/mol. The molecule has 6 nitrogen and oxygen atoms in total. The molecule has 1 aliphatic heterocycles. The normalized spacial score (nSPS) is 23.6. The van der Waals surface area contributed by atoms with Crippen LogP contribution in [-0.2, 0) is 16.1 Å². The van der Waals surface area contributed by atoms with Gasteiger partial charge in [0.2, 0.25) is 5.91 Å². The van der Waals surface area contributed by atoms with E-state index in [1.165, 1.54) is 38.5 Å². The summed E-state index contributed by atoms with van der Waals surface area (Å²) in [5.74, 6) is 2.87. The van der Waals surface area contributed by atoms with Crippen molar-refractivity contribution in [2.45, 2.75) is 57.0 Å². The molecule has 148 valence electrons. The van der Waals surface area contributed by atoms with Gasteiger partial charge in [-0.3, -0.25) is 9.89 Å². The van der Waals surface area contributed by atoms with Gasteiger partial charge in [-0.15, -0.1) is 0 Å². The zero-order valence-electron chi connectivity index (χ0n) is 16.3. The summed E-state index contributed by atoms with van der Waals surface area (Å²) < 4.78 is 5.70. The smallest absolute Gasteiger partial charge is 0.248 e. The summed E-state index contributed by atoms with van der Waals surface area (Å²) in [5, 5.41) is 7.68. The number of benzene rings is 1. The van der Waals surface area contributed by atoms with Crippen molar-refractivity contribution in [1.82, 2.24) is 20.1 Å². The summed E-state index contributed by atoms with van der Waals surface area (Å²) in [5.41, 5.74) is 1.26. The van der Waals surface area contributed by atoms with Crippen molar-refractivity contribution in [3.8, 4) is 0 Å². The number of hydrogen-bond acceptors (Lipinski definition) is 4. The summed E-state index contributed by atoms with van der Waals surface area (Å²) in [6, 6.07) is 10.0. The van der Waals surface area contributed by atoms with E-state index in [1.54, 1.807) is 0 Å². The third-order valence-electron chi connectivity index (χ3n) is 6.73. The maximum atomic E-state index is 12.8. The van der Waals surface area contributed by atoms with Gasteiger partial charge in [0, 0.05) is 24.9 Å². The van der Waals surface area contributed by atoms with Gasteiger partial charge in [0.25, 0.3) is 0 Å². The SMILES string of the molecule is O=C(COCc1ccccc1)N1CC(c2nc(C3CC3)n[nH]2)C2(CCCC2)C1. The topological polar surface area (TPSA) is 71.1 Å². The van der Waals surface area contributed by atoms with Crippen LogP contribution in [0.3, 0.4) is 0 Å². The molecule has 1 aromatic carbocycles. The highest BCUT2D eigenvalue weighted by Crippen LogP contribution is 2.53. The Morgan fingerprint density at radius 2 is 2.00 bits per heavy atom. The van der Waals surface area contributed by atoms with Gasteiger partial charge in [0.05, 0.1) is 6.61 Å². The minimum Gasteiger partial charge on any atom is -0.367 e. The zero-order chi connectivity index (χ0) is 19.0. The Kier molecular flexibility index (Phi) is 4.67. The molecule has 28 heavy (non-hydrogen) atoms. The monoisotopic (exact) mass is 380 g/mol. The van der Waals surface area contributed by atoms with Crippen molar-refractivity contribution in [3.05, 3.63) is 47.5 Å². The Balaban J connectivity index is 1.25. The van der Waals surface area contributed by atoms with Crippen LogP contribution in [0.1, 0.15) is 67.6 Å². The van der Waals surface area contributed by atoms with Gasteiger partial charge in [-0.2, -0.15) is 5.10 Å². The predicted molar refractivity (Wildman–Crippen MR) is 105 cm³/mol. The van der Waals surface area contributed by atoms with Gasteiger partial charge in [0.15, 0.2) is 5.82 Å². The lowest BCUT2D eigenvalue weighted by Gasteiger charge is -2.28. The van der Waals surface area contributed by atoms with E-state index in [-0.39, 0.29) is 23.8 Å². The second-order valence-corrected chi connectivity index (χ2v) is 8.73. The summed E-state index contributed by atoms with van der Waals surface area (Å²) in [6.07, 6.45) is 7.24. The largest absolute Gasteiger partial charge is 0.367 e. The number of aromatic nitrogens is 3. The molecule has 0 bridgehead atoms. The molecule has 1 N–H and O–H groups in total. The minimum absolute atomic E-state index is 0.0895. The quantitative estimate of drug-likeness (QED) is 0.834. The molecule has 1 unspecified atom stereocenters. The molecule has 6 heteroatoms. The van der Waals surface area contributed by atoms with Crippen molar-refractivity contribution < 1.29 is 9.53 Å². The van der Waals surface area contributed by atoms with Crippen molar-refractivity contribution >= 4 is 5.91 Å². The van der Waals surface area contributed by atoms with E-state index in [0.29, 0.717) is 12.5 Å². The first-order chi connectivity index (χ1) is 13.7. The average molecular weight is 380 g/mol. The molecule has 1 aromatic heterocycles. The molecule has 3 fully saturated rings. The molecule has 3 aliphatic rings. The second kappa shape index (κ2) is 7.32. The molecular formula is C22H28N4O2. The molecule has 1 spiro atoms. The van der Waals surface area contributed by atoms with Crippen molar-refractivity contribution in [1.29, 1.82) is 0 Å². The third-order valence-corrected chi connectivity index (χ3v) is 6.73. The maximum absolute atomic E-state index is 12.8. The standard InChI is InChI=1S/C22H28N4O2/c27-19(14-28-13-16-6-2-1-3-7-16)26-12-18(22(15-26)10-4-5-11-22)21-23-20(24-25-21)17-8-9-17/h1-3,6-7,17-18H,4-5,8-15H2,(H,23,24,25). The van der Waals surface area contributed by atoms with Crippen LogP contribution in [0.15, 0.2) is 30.3 Å². The molecule has 5 rings (SSSR count). The molecule has 1 amide bonds. The van der Waals surface area contributed by atoms with Crippen LogP contribution in [-0.4, -0.2) is 45.7 Å². The molecule has 1 saturated heterocycles. The fourth-order valence-corrected chi connectivity index (χ4v) is 5.01. The number of likely N-dealkylation sites (tertiary alicyclic amines) is 1. The number of ether oxygens (including phenoxy) is 1. The summed E-state index contributed by atoms with van der Waals surface area (Å²) in [6.45, 7) is 2.17. The van der Waals surface area contributed by atoms with Crippen LogP contribution < -0.4 is 0 Å². The summed E-state index contributed by atoms with van der Waals surface area (Å²) in [4.78, 5) is 19.7. The Morgan fingerprint density at radius 3 is 2.75 bits per heavy atom. The van der Waals surface area contributed by atoms with E-state index in [1.807, 2.05) is 35.2 Å². The van der Waals surface area contributed by atoms with E-state index >= 15 is 0 Å². The maximum Gasteiger partial charge on any atom is 0.248 e. The van der Waals surface area contributed by atoms with Crippen LogP contribution in [0.2, 0.25) is 0 Å². The lowest BCUT2D eigenvalue weighted by atomic mass is 9.76. The fraction of sp³-hybridized carbons (Fsp3) is 0.591. The van der Waals surface area contributed by atoms with E-state index < -0.39 is 0 Å². The van der Waals surface area contributed by atoms with Crippen LogP contribution >= 0.6 is 0 Å². The summed E-state index contributed by atoms with van der Waals surface area (Å²) >= 11 is 0. The predicted octanol–water partition coefficient (Wildman–Crippen LogP) is 3.39. The first-order valence-corrected chi connectivity index (χ1v) is 10.6. The highest BCUT2D eigenvalue weighted by atomic mass is 16.5. The molecule has 2 aliphatic carbocycles. The number of nitrogens with zero attached hydrogens (tertiary/aromatic N) is 3. The van der Waals surface area contributed by atoms with Crippen LogP contribution in [0, 0.1) is 5.41 Å². The Hall–Kier alpha value is -2.21. The number of rotatable bonds is 6. The lowest BCUT2D eigenvalue weighted by Crippen LogP contribution is -2.33. The summed E-state index contributed by atoms with van der Waals surface area (Å²) in [7, 11) is 0. The number of hydrogen-bond donors (Lipinski definition) is 1. The lowest BCUT2D eigenvalue weighted by molar-refractivity contribution is -0.135. The zero-order valence-corrected chi connectivity index (χ0v) is 16.3. The van der Waals surface area contributed by atoms with E-state index in [0.717, 1.165) is 30.3 Å². The second-order valence-electron chi connectivity index (χ2n) is 8.73. The van der Waals surface area contributed by atoms with Crippen molar-refractivity contribution in [2.24, 2.45) is 5.41 Å². The third kappa shape index (κ3) is 3.46. The molecule has 2 saturated carbocycles. The Labute approximate surface area is 165 Å². The van der Waals surface area contributed by atoms with Crippen LogP contribution in [0.25, 0.3) is 0 Å². The molecule has 2 heterocycles. The van der Waals surface area contributed by atoms with Crippen LogP contribution in [0.4, 0.5) is 0 Å². The van der Waals surface area contributed by atoms with E-state index in [2.05, 4.69) is 10.2 Å². The fourth-order valence-electron chi connectivity index (χ4n) is 5.01. The highest BCUT2D eigenvalue weighted by molar-refractivity contribution is 5.78. The first-order valence-electron chi connectivity index (χ1n) is 10.6.